The maximum atomic E-state index is 11.0. The average Bonchev–Trinajstić information content (AvgIpc) is 3.00. The summed E-state index contributed by atoms with van der Waals surface area (Å²) in [5, 5.41) is 7.56. The summed E-state index contributed by atoms with van der Waals surface area (Å²) in [5.74, 6) is -0.0786. The third kappa shape index (κ3) is 12.2. The third-order valence-corrected chi connectivity index (χ3v) is 2.08. The quantitative estimate of drug-likeness (QED) is 0.518. The zero-order chi connectivity index (χ0) is 16.5. The van der Waals surface area contributed by atoms with E-state index < -0.39 is 0 Å². The van der Waals surface area contributed by atoms with Crippen LogP contribution in [0.4, 0.5) is 0 Å². The van der Waals surface area contributed by atoms with E-state index in [1.165, 1.54) is 6.92 Å². The smallest absolute Gasteiger partial charge is 0.181 e. The largest absolute Gasteiger partial charge is 0.379 e. The molecule has 1 heterocycles. The second kappa shape index (κ2) is 16.8. The molecule has 0 aliphatic carbocycles. The molecule has 0 aromatic carbocycles. The van der Waals surface area contributed by atoms with Crippen LogP contribution >= 0.6 is 0 Å². The van der Waals surface area contributed by atoms with Crippen LogP contribution in [0.3, 0.4) is 0 Å². The first-order valence-electron chi connectivity index (χ1n) is 7.80. The van der Waals surface area contributed by atoms with Gasteiger partial charge >= 0.3 is 0 Å². The van der Waals surface area contributed by atoms with Crippen molar-refractivity contribution in [3.05, 3.63) is 11.9 Å². The number of ketones is 1. The predicted octanol–water partition coefficient (Wildman–Crippen LogP) is 2.98. The molecule has 1 aromatic heterocycles. The Morgan fingerprint density at radius 1 is 1.10 bits per heavy atom. The Labute approximate surface area is 128 Å². The van der Waals surface area contributed by atoms with E-state index in [2.05, 4.69) is 17.2 Å². The van der Waals surface area contributed by atoms with Crippen molar-refractivity contribution in [1.82, 2.24) is 15.0 Å². The Bertz CT molecular complexity index is 341. The number of aromatic nitrogens is 3. The van der Waals surface area contributed by atoms with Crippen LogP contribution in [0.2, 0.25) is 0 Å². The molecule has 0 saturated carbocycles. The zero-order valence-electron chi connectivity index (χ0n) is 14.4. The molecule has 0 atom stereocenters. The highest BCUT2D eigenvalue weighted by Crippen LogP contribution is 1.94. The first kappa shape index (κ1) is 22.0. The second-order valence-electron chi connectivity index (χ2n) is 3.65. The summed E-state index contributed by atoms with van der Waals surface area (Å²) >= 11 is 0. The fraction of sp³-hybridized carbons (Fsp3) is 0.800. The lowest BCUT2D eigenvalue weighted by molar-refractivity contribution is 0.0441. The first-order chi connectivity index (χ1) is 10.2. The molecule has 0 bridgehead atoms. The highest BCUT2D eigenvalue weighted by atomic mass is 16.5. The van der Waals surface area contributed by atoms with Crippen LogP contribution in [-0.2, 0) is 16.0 Å². The van der Waals surface area contributed by atoms with E-state index in [-0.39, 0.29) is 5.78 Å². The average molecular weight is 301 g/mol. The summed E-state index contributed by atoms with van der Waals surface area (Å²) in [5.41, 5.74) is 0.385. The molecule has 0 amide bonds. The van der Waals surface area contributed by atoms with Crippen molar-refractivity contribution in [2.75, 3.05) is 26.4 Å². The molecule has 1 aromatic rings. The molecule has 0 saturated heterocycles. The summed E-state index contributed by atoms with van der Waals surface area (Å²) in [4.78, 5) is 11.0. The van der Waals surface area contributed by atoms with Gasteiger partial charge in [0.2, 0.25) is 0 Å². The number of hydrogen-bond donors (Lipinski definition) is 0. The van der Waals surface area contributed by atoms with Gasteiger partial charge in [0.05, 0.1) is 32.6 Å². The number of Topliss-reactive ketones (excluding diaryl/α,β-unsaturated/α-hetero) is 1. The molecule has 21 heavy (non-hydrogen) atoms. The molecular formula is C15H31N3O3. The van der Waals surface area contributed by atoms with E-state index in [1.54, 1.807) is 10.9 Å². The molecule has 6 nitrogen and oxygen atoms in total. The van der Waals surface area contributed by atoms with Crippen molar-refractivity contribution in [2.24, 2.45) is 0 Å². The molecular weight excluding hydrogens is 270 g/mol. The topological polar surface area (TPSA) is 66.2 Å². The lowest BCUT2D eigenvalue weighted by atomic mass is 10.3. The highest BCUT2D eigenvalue weighted by molar-refractivity contribution is 5.91. The highest BCUT2D eigenvalue weighted by Gasteiger charge is 2.04. The molecule has 0 unspecified atom stereocenters. The van der Waals surface area contributed by atoms with E-state index in [1.807, 2.05) is 27.7 Å². The van der Waals surface area contributed by atoms with Crippen molar-refractivity contribution in [2.45, 2.75) is 54.5 Å². The minimum Gasteiger partial charge on any atom is -0.379 e. The summed E-state index contributed by atoms with van der Waals surface area (Å²) in [6.45, 7) is 14.6. The normalized spacial score (nSPS) is 9.24. The lowest BCUT2D eigenvalue weighted by Gasteiger charge is -2.04. The van der Waals surface area contributed by atoms with Gasteiger partial charge in [0.15, 0.2) is 5.78 Å². The number of nitrogens with zero attached hydrogens (tertiary/aromatic N) is 3. The van der Waals surface area contributed by atoms with Gasteiger partial charge in [-0.2, -0.15) is 0 Å². The van der Waals surface area contributed by atoms with Crippen LogP contribution in [-0.4, -0.2) is 47.2 Å². The molecule has 124 valence electrons. The Morgan fingerprint density at radius 3 is 2.14 bits per heavy atom. The summed E-state index contributed by atoms with van der Waals surface area (Å²) in [6.07, 6.45) is 2.64. The van der Waals surface area contributed by atoms with Crippen LogP contribution in [0.25, 0.3) is 0 Å². The minimum absolute atomic E-state index is 0.0786. The Hall–Kier alpha value is -1.27. The fourth-order valence-electron chi connectivity index (χ4n) is 1.19. The fourth-order valence-corrected chi connectivity index (χ4v) is 1.19. The van der Waals surface area contributed by atoms with Gasteiger partial charge in [-0.25, -0.2) is 4.68 Å². The molecule has 0 fully saturated rings. The van der Waals surface area contributed by atoms with Crippen LogP contribution in [0.5, 0.6) is 0 Å². The summed E-state index contributed by atoms with van der Waals surface area (Å²) < 4.78 is 12.2. The number of carbonyl (C=O) groups is 1. The molecule has 1 rings (SSSR count). The van der Waals surface area contributed by atoms with E-state index >= 15 is 0 Å². The Morgan fingerprint density at radius 2 is 1.67 bits per heavy atom. The van der Waals surface area contributed by atoms with Gasteiger partial charge in [-0.1, -0.05) is 39.8 Å². The van der Waals surface area contributed by atoms with Gasteiger partial charge in [0, 0.05) is 13.5 Å². The van der Waals surface area contributed by atoms with Crippen LogP contribution < -0.4 is 0 Å². The van der Waals surface area contributed by atoms with Gasteiger partial charge in [0.25, 0.3) is 0 Å². The van der Waals surface area contributed by atoms with E-state index in [0.29, 0.717) is 32.1 Å². The van der Waals surface area contributed by atoms with Crippen LogP contribution in [0, 0.1) is 0 Å². The van der Waals surface area contributed by atoms with E-state index in [4.69, 9.17) is 9.47 Å². The van der Waals surface area contributed by atoms with E-state index in [9.17, 15) is 4.79 Å². The molecule has 0 radical (unpaired) electrons. The SMILES string of the molecule is CC.CC.CCCOCCOCCn1cc(C(C)=O)nn1. The maximum Gasteiger partial charge on any atom is 0.181 e. The maximum absolute atomic E-state index is 11.0. The van der Waals surface area contributed by atoms with Gasteiger partial charge in [-0.05, 0) is 6.42 Å². The standard InChI is InChI=1S/C11H19N3O3.2C2H6/c1-3-5-16-7-8-17-6-4-14-9-11(10(2)15)12-13-14;2*1-2/h9H,3-8H2,1-2H3;2*1-2H3. The monoisotopic (exact) mass is 301 g/mol. The molecule has 0 N–H and O–H groups in total. The number of rotatable bonds is 9. The predicted molar refractivity (Wildman–Crippen MR) is 84.7 cm³/mol. The number of ether oxygens (including phenoxy) is 2. The number of carbonyl (C=O) groups excluding carboxylic acids is 1. The molecule has 0 aliphatic heterocycles. The van der Waals surface area contributed by atoms with Crippen molar-refractivity contribution in [1.29, 1.82) is 0 Å². The van der Waals surface area contributed by atoms with Crippen molar-refractivity contribution >= 4 is 5.78 Å². The molecule has 0 aliphatic rings. The zero-order valence-corrected chi connectivity index (χ0v) is 14.4. The minimum atomic E-state index is -0.0786. The van der Waals surface area contributed by atoms with Gasteiger partial charge in [0.1, 0.15) is 5.69 Å². The van der Waals surface area contributed by atoms with Gasteiger partial charge in [-0.3, -0.25) is 4.79 Å². The van der Waals surface area contributed by atoms with Crippen LogP contribution in [0.1, 0.15) is 58.5 Å². The lowest BCUT2D eigenvalue weighted by Crippen LogP contribution is -2.10. The Balaban J connectivity index is 0. The van der Waals surface area contributed by atoms with Crippen molar-refractivity contribution in [3.8, 4) is 0 Å². The van der Waals surface area contributed by atoms with Crippen molar-refractivity contribution < 1.29 is 14.3 Å². The second-order valence-corrected chi connectivity index (χ2v) is 3.65. The number of hydrogen-bond acceptors (Lipinski definition) is 5. The molecule has 0 spiro atoms. The van der Waals surface area contributed by atoms with E-state index in [0.717, 1.165) is 13.0 Å². The summed E-state index contributed by atoms with van der Waals surface area (Å²) in [6, 6.07) is 0. The Kier molecular flexibility index (Phi) is 17.6. The van der Waals surface area contributed by atoms with Gasteiger partial charge in [-0.15, -0.1) is 5.10 Å². The van der Waals surface area contributed by atoms with Gasteiger partial charge < -0.3 is 9.47 Å². The van der Waals surface area contributed by atoms with Crippen LogP contribution in [0.15, 0.2) is 6.20 Å². The molecule has 6 heteroatoms. The van der Waals surface area contributed by atoms with Crippen molar-refractivity contribution in [3.63, 3.8) is 0 Å². The third-order valence-electron chi connectivity index (χ3n) is 2.08. The first-order valence-corrected chi connectivity index (χ1v) is 7.80. The summed E-state index contributed by atoms with van der Waals surface area (Å²) in [7, 11) is 0.